The fraction of sp³-hybridized carbons (Fsp3) is 0.429. The van der Waals surface area contributed by atoms with Gasteiger partial charge >= 0.3 is 0 Å². The number of carbonyl (C=O) groups is 2. The minimum Gasteiger partial charge on any atom is -0.342 e. The Balaban J connectivity index is 1.58. The molecule has 2 amide bonds. The lowest BCUT2D eigenvalue weighted by Crippen LogP contribution is -2.42. The molecule has 5 heteroatoms. The highest BCUT2D eigenvalue weighted by molar-refractivity contribution is 7.12. The van der Waals surface area contributed by atoms with E-state index in [-0.39, 0.29) is 23.7 Å². The van der Waals surface area contributed by atoms with Gasteiger partial charge in [0.1, 0.15) is 0 Å². The van der Waals surface area contributed by atoms with Gasteiger partial charge in [0.2, 0.25) is 5.91 Å². The molecule has 2 fully saturated rings. The molecule has 2 saturated heterocycles. The molecule has 136 valence electrons. The Morgan fingerprint density at radius 2 is 1.65 bits per heavy atom. The molecular formula is C21H24N2O2S. The molecule has 0 aliphatic carbocycles. The highest BCUT2D eigenvalue weighted by Gasteiger charge is 2.42. The Labute approximate surface area is 158 Å². The quantitative estimate of drug-likeness (QED) is 0.830. The SMILES string of the molecule is O=C(c1cccs1)N1C[C@H](C(=O)N2CCCCC2)[C@@H](c2ccccc2)C1. The van der Waals surface area contributed by atoms with Crippen LogP contribution < -0.4 is 0 Å². The molecule has 0 saturated carbocycles. The standard InChI is InChI=1S/C21H24N2O2S/c24-20(22-11-5-2-6-12-22)18-15-23(21(25)19-10-7-13-26-19)14-17(18)16-8-3-1-4-9-16/h1,3-4,7-10,13,17-18H,2,5-6,11-12,14-15H2/t17-,18+/m1/s1. The van der Waals surface area contributed by atoms with E-state index in [0.717, 1.165) is 36.4 Å². The minimum absolute atomic E-state index is 0.0508. The van der Waals surface area contributed by atoms with Crippen molar-refractivity contribution in [3.63, 3.8) is 0 Å². The summed E-state index contributed by atoms with van der Waals surface area (Å²) in [5, 5.41) is 1.92. The Hall–Kier alpha value is -2.14. The van der Waals surface area contributed by atoms with Gasteiger partial charge in [-0.1, -0.05) is 36.4 Å². The number of amides is 2. The average molecular weight is 369 g/mol. The van der Waals surface area contributed by atoms with Crippen LogP contribution >= 0.6 is 11.3 Å². The minimum atomic E-state index is -0.139. The van der Waals surface area contributed by atoms with E-state index in [9.17, 15) is 9.59 Å². The number of hydrogen-bond donors (Lipinski definition) is 0. The van der Waals surface area contributed by atoms with Crippen LogP contribution in [-0.2, 0) is 4.79 Å². The average Bonchev–Trinajstić information content (AvgIpc) is 3.38. The number of benzene rings is 1. The van der Waals surface area contributed by atoms with Crippen molar-refractivity contribution in [1.29, 1.82) is 0 Å². The van der Waals surface area contributed by atoms with Crippen LogP contribution in [-0.4, -0.2) is 47.8 Å². The van der Waals surface area contributed by atoms with E-state index < -0.39 is 0 Å². The van der Waals surface area contributed by atoms with E-state index in [1.807, 2.05) is 45.5 Å². The van der Waals surface area contributed by atoms with Gasteiger partial charge < -0.3 is 9.80 Å². The number of nitrogens with zero attached hydrogens (tertiary/aromatic N) is 2. The van der Waals surface area contributed by atoms with Gasteiger partial charge in [-0.15, -0.1) is 11.3 Å². The van der Waals surface area contributed by atoms with Crippen LogP contribution in [0.4, 0.5) is 0 Å². The summed E-state index contributed by atoms with van der Waals surface area (Å²) in [6.07, 6.45) is 3.39. The third-order valence-corrected chi connectivity index (χ3v) is 6.41. The third-order valence-electron chi connectivity index (χ3n) is 5.55. The molecule has 0 radical (unpaired) electrons. The molecule has 1 aromatic carbocycles. The lowest BCUT2D eigenvalue weighted by Gasteiger charge is -2.30. The lowest BCUT2D eigenvalue weighted by atomic mass is 9.87. The van der Waals surface area contributed by atoms with Crippen molar-refractivity contribution in [2.24, 2.45) is 5.92 Å². The van der Waals surface area contributed by atoms with Crippen LogP contribution in [0.15, 0.2) is 47.8 Å². The Morgan fingerprint density at radius 1 is 0.885 bits per heavy atom. The van der Waals surface area contributed by atoms with Gasteiger partial charge in [-0.05, 0) is 36.3 Å². The molecule has 4 nitrogen and oxygen atoms in total. The molecule has 0 unspecified atom stereocenters. The molecule has 3 heterocycles. The van der Waals surface area contributed by atoms with Crippen molar-refractivity contribution in [3.05, 3.63) is 58.3 Å². The molecule has 0 N–H and O–H groups in total. The molecule has 4 rings (SSSR count). The number of carbonyl (C=O) groups excluding carboxylic acids is 2. The van der Waals surface area contributed by atoms with Gasteiger partial charge in [0.25, 0.3) is 5.91 Å². The summed E-state index contributed by atoms with van der Waals surface area (Å²) >= 11 is 1.47. The van der Waals surface area contributed by atoms with Gasteiger partial charge in [-0.3, -0.25) is 9.59 Å². The molecule has 0 bridgehead atoms. The zero-order valence-electron chi connectivity index (χ0n) is 14.8. The maximum absolute atomic E-state index is 13.2. The number of rotatable bonds is 3. The normalized spacial score (nSPS) is 23.2. The van der Waals surface area contributed by atoms with E-state index in [4.69, 9.17) is 0 Å². The van der Waals surface area contributed by atoms with Gasteiger partial charge in [0.05, 0.1) is 10.8 Å². The van der Waals surface area contributed by atoms with Crippen LogP contribution in [0.1, 0.15) is 40.4 Å². The summed E-state index contributed by atoms with van der Waals surface area (Å²) in [5.41, 5.74) is 1.16. The van der Waals surface area contributed by atoms with Gasteiger partial charge in [0.15, 0.2) is 0 Å². The second-order valence-electron chi connectivity index (χ2n) is 7.20. The summed E-state index contributed by atoms with van der Waals surface area (Å²) in [6, 6.07) is 14.0. The Bertz CT molecular complexity index is 754. The molecule has 0 spiro atoms. The second-order valence-corrected chi connectivity index (χ2v) is 8.14. The van der Waals surface area contributed by atoms with Crippen molar-refractivity contribution in [1.82, 2.24) is 9.80 Å². The fourth-order valence-electron chi connectivity index (χ4n) is 4.16. The van der Waals surface area contributed by atoms with Crippen LogP contribution in [0.5, 0.6) is 0 Å². The van der Waals surface area contributed by atoms with Crippen LogP contribution in [0.25, 0.3) is 0 Å². The number of hydrogen-bond acceptors (Lipinski definition) is 3. The highest BCUT2D eigenvalue weighted by Crippen LogP contribution is 2.35. The molecule has 1 aromatic heterocycles. The second kappa shape index (κ2) is 7.62. The summed E-state index contributed by atoms with van der Waals surface area (Å²) < 4.78 is 0. The number of likely N-dealkylation sites (tertiary alicyclic amines) is 2. The number of thiophene rings is 1. The van der Waals surface area contributed by atoms with Gasteiger partial charge in [-0.2, -0.15) is 0 Å². The molecule has 2 atom stereocenters. The van der Waals surface area contributed by atoms with Crippen LogP contribution in [0, 0.1) is 5.92 Å². The zero-order chi connectivity index (χ0) is 17.9. The van der Waals surface area contributed by atoms with E-state index >= 15 is 0 Å². The first-order chi connectivity index (χ1) is 12.7. The van der Waals surface area contributed by atoms with Crippen molar-refractivity contribution < 1.29 is 9.59 Å². The predicted octanol–water partition coefficient (Wildman–Crippen LogP) is 3.62. The van der Waals surface area contributed by atoms with Gasteiger partial charge in [0, 0.05) is 32.1 Å². The number of piperidine rings is 1. The molecular weight excluding hydrogens is 344 g/mol. The van der Waals surface area contributed by atoms with Crippen molar-refractivity contribution in [2.75, 3.05) is 26.2 Å². The fourth-order valence-corrected chi connectivity index (χ4v) is 4.85. The summed E-state index contributed by atoms with van der Waals surface area (Å²) in [6.45, 7) is 2.85. The highest BCUT2D eigenvalue weighted by atomic mass is 32.1. The summed E-state index contributed by atoms with van der Waals surface area (Å²) in [4.78, 5) is 30.7. The van der Waals surface area contributed by atoms with Gasteiger partial charge in [-0.25, -0.2) is 0 Å². The largest absolute Gasteiger partial charge is 0.342 e. The third kappa shape index (κ3) is 3.40. The topological polar surface area (TPSA) is 40.6 Å². The van der Waals surface area contributed by atoms with Crippen molar-refractivity contribution in [2.45, 2.75) is 25.2 Å². The van der Waals surface area contributed by atoms with E-state index in [1.54, 1.807) is 0 Å². The first-order valence-electron chi connectivity index (χ1n) is 9.40. The maximum atomic E-state index is 13.2. The molecule has 26 heavy (non-hydrogen) atoms. The maximum Gasteiger partial charge on any atom is 0.263 e. The lowest BCUT2D eigenvalue weighted by molar-refractivity contribution is -0.136. The molecule has 2 aliphatic rings. The molecule has 2 aliphatic heterocycles. The van der Waals surface area contributed by atoms with E-state index in [2.05, 4.69) is 12.1 Å². The summed E-state index contributed by atoms with van der Waals surface area (Å²) in [5.74, 6) is 0.212. The first kappa shape index (κ1) is 17.3. The Kier molecular flexibility index (Phi) is 5.07. The van der Waals surface area contributed by atoms with Crippen LogP contribution in [0.2, 0.25) is 0 Å². The van der Waals surface area contributed by atoms with E-state index in [0.29, 0.717) is 13.1 Å². The van der Waals surface area contributed by atoms with Crippen LogP contribution in [0.3, 0.4) is 0 Å². The molecule has 2 aromatic rings. The first-order valence-corrected chi connectivity index (χ1v) is 10.3. The zero-order valence-corrected chi connectivity index (χ0v) is 15.7. The van der Waals surface area contributed by atoms with Crippen molar-refractivity contribution >= 4 is 23.2 Å². The predicted molar refractivity (Wildman–Crippen MR) is 103 cm³/mol. The van der Waals surface area contributed by atoms with Crippen molar-refractivity contribution in [3.8, 4) is 0 Å². The summed E-state index contributed by atoms with van der Waals surface area (Å²) in [7, 11) is 0. The monoisotopic (exact) mass is 368 g/mol. The Morgan fingerprint density at radius 3 is 2.35 bits per heavy atom. The van der Waals surface area contributed by atoms with E-state index in [1.165, 1.54) is 17.8 Å². The smallest absolute Gasteiger partial charge is 0.263 e.